The second kappa shape index (κ2) is 7.55. The molecule has 1 fully saturated rings. The summed E-state index contributed by atoms with van der Waals surface area (Å²) in [5, 5.41) is 0. The van der Waals surface area contributed by atoms with Gasteiger partial charge in [0.1, 0.15) is 11.3 Å². The molecule has 1 aromatic heterocycles. The van der Waals surface area contributed by atoms with Crippen LogP contribution in [0.15, 0.2) is 36.5 Å². The van der Waals surface area contributed by atoms with E-state index in [9.17, 15) is 9.59 Å². The SMILES string of the molecule is COC(=O)c1c(-c2ccccc2)cn(C2CCCCC2)c1C(=O)OC. The molecule has 0 amide bonds. The van der Waals surface area contributed by atoms with Crippen LogP contribution in [0, 0.1) is 0 Å². The van der Waals surface area contributed by atoms with Crippen molar-refractivity contribution in [3.63, 3.8) is 0 Å². The molecule has 1 aliphatic carbocycles. The fourth-order valence-corrected chi connectivity index (χ4v) is 3.62. The van der Waals surface area contributed by atoms with Crippen molar-refractivity contribution < 1.29 is 19.1 Å². The van der Waals surface area contributed by atoms with Gasteiger partial charge in [-0.3, -0.25) is 0 Å². The molecule has 5 heteroatoms. The van der Waals surface area contributed by atoms with Crippen LogP contribution in [0.25, 0.3) is 11.1 Å². The van der Waals surface area contributed by atoms with E-state index in [1.807, 2.05) is 41.1 Å². The first-order chi connectivity index (χ1) is 12.2. The van der Waals surface area contributed by atoms with Crippen molar-refractivity contribution >= 4 is 11.9 Å². The number of hydrogen-bond donors (Lipinski definition) is 0. The Labute approximate surface area is 147 Å². The third-order valence-corrected chi connectivity index (χ3v) is 4.85. The average molecular weight is 341 g/mol. The molecule has 25 heavy (non-hydrogen) atoms. The van der Waals surface area contributed by atoms with Gasteiger partial charge in [0, 0.05) is 17.8 Å². The van der Waals surface area contributed by atoms with Crippen molar-refractivity contribution in [2.45, 2.75) is 38.1 Å². The smallest absolute Gasteiger partial charge is 0.355 e. The van der Waals surface area contributed by atoms with Crippen molar-refractivity contribution in [1.29, 1.82) is 0 Å². The number of carbonyl (C=O) groups excluding carboxylic acids is 2. The second-order valence-corrected chi connectivity index (χ2v) is 6.31. The van der Waals surface area contributed by atoms with Crippen LogP contribution in [-0.4, -0.2) is 30.7 Å². The van der Waals surface area contributed by atoms with Gasteiger partial charge in [0.25, 0.3) is 0 Å². The molecule has 0 N–H and O–H groups in total. The molecule has 0 spiro atoms. The van der Waals surface area contributed by atoms with E-state index in [2.05, 4.69) is 0 Å². The normalized spacial score (nSPS) is 15.0. The molecule has 1 saturated carbocycles. The minimum atomic E-state index is -0.520. The summed E-state index contributed by atoms with van der Waals surface area (Å²) in [5.41, 5.74) is 2.16. The summed E-state index contributed by atoms with van der Waals surface area (Å²) in [4.78, 5) is 25.0. The molecule has 132 valence electrons. The monoisotopic (exact) mass is 341 g/mol. The summed E-state index contributed by atoms with van der Waals surface area (Å²) in [6.45, 7) is 0. The average Bonchev–Trinajstić information content (AvgIpc) is 3.08. The highest BCUT2D eigenvalue weighted by atomic mass is 16.5. The molecule has 1 aromatic carbocycles. The maximum absolute atomic E-state index is 12.5. The Kier molecular flexibility index (Phi) is 5.22. The van der Waals surface area contributed by atoms with Gasteiger partial charge in [0.15, 0.2) is 0 Å². The standard InChI is InChI=1S/C20H23NO4/c1-24-19(22)17-16(14-9-5-3-6-10-14)13-21(18(17)20(23)25-2)15-11-7-4-8-12-15/h3,5-6,9-10,13,15H,4,7-8,11-12H2,1-2H3. The number of esters is 2. The van der Waals surface area contributed by atoms with E-state index in [0.29, 0.717) is 11.3 Å². The lowest BCUT2D eigenvalue weighted by Crippen LogP contribution is -2.20. The van der Waals surface area contributed by atoms with E-state index in [0.717, 1.165) is 31.2 Å². The third kappa shape index (κ3) is 3.31. The molecule has 5 nitrogen and oxygen atoms in total. The largest absolute Gasteiger partial charge is 0.465 e. The van der Waals surface area contributed by atoms with E-state index in [4.69, 9.17) is 9.47 Å². The molecular weight excluding hydrogens is 318 g/mol. The minimum absolute atomic E-state index is 0.198. The zero-order valence-corrected chi connectivity index (χ0v) is 14.7. The molecule has 0 bridgehead atoms. The molecule has 2 aromatic rings. The quantitative estimate of drug-likeness (QED) is 0.781. The number of carbonyl (C=O) groups is 2. The predicted octanol–water partition coefficient (Wildman–Crippen LogP) is 4.23. The number of nitrogens with zero attached hydrogens (tertiary/aromatic N) is 1. The highest BCUT2D eigenvalue weighted by Crippen LogP contribution is 2.36. The van der Waals surface area contributed by atoms with Gasteiger partial charge >= 0.3 is 11.9 Å². The lowest BCUT2D eigenvalue weighted by molar-refractivity contribution is 0.0544. The predicted molar refractivity (Wildman–Crippen MR) is 94.7 cm³/mol. The molecule has 0 atom stereocenters. The zero-order chi connectivity index (χ0) is 17.8. The number of rotatable bonds is 4. The van der Waals surface area contributed by atoms with Gasteiger partial charge in [0.2, 0.25) is 0 Å². The van der Waals surface area contributed by atoms with Gasteiger partial charge < -0.3 is 14.0 Å². The molecule has 1 heterocycles. The lowest BCUT2D eigenvalue weighted by Gasteiger charge is -2.25. The van der Waals surface area contributed by atoms with Crippen molar-refractivity contribution in [2.75, 3.05) is 14.2 Å². The summed E-state index contributed by atoms with van der Waals surface area (Å²) < 4.78 is 11.9. The number of aromatic nitrogens is 1. The summed E-state index contributed by atoms with van der Waals surface area (Å²) in [7, 11) is 2.67. The Morgan fingerprint density at radius 3 is 2.20 bits per heavy atom. The molecule has 0 aliphatic heterocycles. The Morgan fingerprint density at radius 2 is 1.60 bits per heavy atom. The maximum Gasteiger partial charge on any atom is 0.355 e. The number of hydrogen-bond acceptors (Lipinski definition) is 4. The summed E-state index contributed by atoms with van der Waals surface area (Å²) in [5.74, 6) is -1.03. The van der Waals surface area contributed by atoms with Crippen LogP contribution in [0.1, 0.15) is 59.0 Å². The number of benzene rings is 1. The van der Waals surface area contributed by atoms with E-state index >= 15 is 0 Å². The van der Waals surface area contributed by atoms with Crippen molar-refractivity contribution in [2.24, 2.45) is 0 Å². The zero-order valence-electron chi connectivity index (χ0n) is 14.7. The highest BCUT2D eigenvalue weighted by Gasteiger charge is 2.31. The van der Waals surface area contributed by atoms with E-state index in [-0.39, 0.29) is 11.6 Å². The van der Waals surface area contributed by atoms with Crippen molar-refractivity contribution in [3.05, 3.63) is 47.8 Å². The van der Waals surface area contributed by atoms with Gasteiger partial charge in [-0.05, 0) is 18.4 Å². The van der Waals surface area contributed by atoms with Crippen molar-refractivity contribution in [1.82, 2.24) is 4.57 Å². The van der Waals surface area contributed by atoms with E-state index in [1.54, 1.807) is 0 Å². The number of ether oxygens (including phenoxy) is 2. The maximum atomic E-state index is 12.5. The summed E-state index contributed by atoms with van der Waals surface area (Å²) in [6.07, 6.45) is 7.35. The lowest BCUT2D eigenvalue weighted by atomic mass is 9.95. The minimum Gasteiger partial charge on any atom is -0.465 e. The second-order valence-electron chi connectivity index (χ2n) is 6.31. The van der Waals surface area contributed by atoms with Gasteiger partial charge in [-0.15, -0.1) is 0 Å². The van der Waals surface area contributed by atoms with Gasteiger partial charge in [-0.1, -0.05) is 49.6 Å². The Bertz CT molecular complexity index is 758. The Hall–Kier alpha value is -2.56. The van der Waals surface area contributed by atoms with Crippen LogP contribution >= 0.6 is 0 Å². The first kappa shape index (κ1) is 17.3. The van der Waals surface area contributed by atoms with Crippen LogP contribution in [0.5, 0.6) is 0 Å². The summed E-state index contributed by atoms with van der Waals surface area (Å²) in [6, 6.07) is 9.78. The third-order valence-electron chi connectivity index (χ3n) is 4.85. The first-order valence-electron chi connectivity index (χ1n) is 8.64. The van der Waals surface area contributed by atoms with E-state index < -0.39 is 11.9 Å². The highest BCUT2D eigenvalue weighted by molar-refractivity contribution is 6.07. The fourth-order valence-electron chi connectivity index (χ4n) is 3.62. The summed E-state index contributed by atoms with van der Waals surface area (Å²) >= 11 is 0. The Balaban J connectivity index is 2.22. The van der Waals surface area contributed by atoms with E-state index in [1.165, 1.54) is 20.6 Å². The van der Waals surface area contributed by atoms with Crippen molar-refractivity contribution in [3.8, 4) is 11.1 Å². The molecule has 0 saturated heterocycles. The molecule has 3 rings (SSSR count). The van der Waals surface area contributed by atoms with Crippen LogP contribution in [-0.2, 0) is 9.47 Å². The molecule has 1 aliphatic rings. The van der Waals surface area contributed by atoms with Crippen LogP contribution in [0.4, 0.5) is 0 Å². The van der Waals surface area contributed by atoms with Gasteiger partial charge in [0.05, 0.1) is 14.2 Å². The van der Waals surface area contributed by atoms with Gasteiger partial charge in [-0.25, -0.2) is 9.59 Å². The topological polar surface area (TPSA) is 57.5 Å². The first-order valence-corrected chi connectivity index (χ1v) is 8.64. The number of methoxy groups -OCH3 is 2. The molecular formula is C20H23NO4. The van der Waals surface area contributed by atoms with Gasteiger partial charge in [-0.2, -0.15) is 0 Å². The van der Waals surface area contributed by atoms with Crippen LogP contribution in [0.3, 0.4) is 0 Å². The fraction of sp³-hybridized carbons (Fsp3) is 0.400. The Morgan fingerprint density at radius 1 is 0.960 bits per heavy atom. The van der Waals surface area contributed by atoms with Crippen LogP contribution in [0.2, 0.25) is 0 Å². The molecule has 0 unspecified atom stereocenters. The molecule has 0 radical (unpaired) electrons. The van der Waals surface area contributed by atoms with Crippen LogP contribution < -0.4 is 0 Å².